The Kier molecular flexibility index (Phi) is 4.48. The van der Waals surface area contributed by atoms with Gasteiger partial charge in [-0.05, 0) is 56.1 Å². The number of rotatable bonds is 4. The Morgan fingerprint density at radius 2 is 2.06 bits per heavy atom. The van der Waals surface area contributed by atoms with Gasteiger partial charge in [0.2, 0.25) is 0 Å². The molecule has 0 spiro atoms. The van der Waals surface area contributed by atoms with E-state index in [1.165, 1.54) is 4.88 Å². The van der Waals surface area contributed by atoms with E-state index in [1.54, 1.807) is 18.4 Å². The normalized spacial score (nSPS) is 10.3. The maximum atomic E-state index is 5.25. The summed E-state index contributed by atoms with van der Waals surface area (Å²) in [6.07, 6.45) is 0. The van der Waals surface area contributed by atoms with Crippen molar-refractivity contribution in [3.63, 3.8) is 0 Å². The second-order valence-corrected chi connectivity index (χ2v) is 6.81. The molecule has 1 aromatic carbocycles. The summed E-state index contributed by atoms with van der Waals surface area (Å²) in [7, 11) is 1.67. The molecule has 2 rings (SSSR count). The van der Waals surface area contributed by atoms with Crippen molar-refractivity contribution >= 4 is 48.9 Å². The SMILES string of the molecule is COc1cc(NCc2ccc(Br)s2)ccc1Br. The molecule has 0 amide bonds. The number of thiophene rings is 1. The van der Waals surface area contributed by atoms with Crippen molar-refractivity contribution in [1.29, 1.82) is 0 Å². The number of hydrogen-bond donors (Lipinski definition) is 1. The van der Waals surface area contributed by atoms with Crippen molar-refractivity contribution in [2.24, 2.45) is 0 Å². The van der Waals surface area contributed by atoms with Gasteiger partial charge in [-0.3, -0.25) is 0 Å². The standard InChI is InChI=1S/C12H11Br2NOS/c1-16-11-6-8(2-4-10(11)13)15-7-9-3-5-12(14)17-9/h2-6,15H,7H2,1H3. The van der Waals surface area contributed by atoms with Crippen LogP contribution in [0.3, 0.4) is 0 Å². The van der Waals surface area contributed by atoms with Crippen molar-refractivity contribution in [2.75, 3.05) is 12.4 Å². The van der Waals surface area contributed by atoms with E-state index in [0.29, 0.717) is 0 Å². The lowest BCUT2D eigenvalue weighted by Crippen LogP contribution is -1.97. The second-order valence-electron chi connectivity index (χ2n) is 3.41. The van der Waals surface area contributed by atoms with Gasteiger partial charge < -0.3 is 10.1 Å². The first kappa shape index (κ1) is 12.9. The topological polar surface area (TPSA) is 21.3 Å². The molecule has 1 N–H and O–H groups in total. The first-order valence-corrected chi connectivity index (χ1v) is 7.41. The number of ether oxygens (including phenoxy) is 1. The maximum Gasteiger partial charge on any atom is 0.135 e. The van der Waals surface area contributed by atoms with Gasteiger partial charge in [0.05, 0.1) is 15.4 Å². The van der Waals surface area contributed by atoms with Gasteiger partial charge in [0.25, 0.3) is 0 Å². The molecule has 0 atom stereocenters. The molecule has 0 aliphatic carbocycles. The zero-order chi connectivity index (χ0) is 12.3. The van der Waals surface area contributed by atoms with E-state index in [-0.39, 0.29) is 0 Å². The third kappa shape index (κ3) is 3.47. The Labute approximate surface area is 121 Å². The highest BCUT2D eigenvalue weighted by molar-refractivity contribution is 9.11. The summed E-state index contributed by atoms with van der Waals surface area (Å²) in [5.74, 6) is 0.836. The highest BCUT2D eigenvalue weighted by atomic mass is 79.9. The van der Waals surface area contributed by atoms with E-state index in [9.17, 15) is 0 Å². The number of nitrogens with one attached hydrogen (secondary N) is 1. The molecule has 90 valence electrons. The first-order chi connectivity index (χ1) is 8.19. The highest BCUT2D eigenvalue weighted by Gasteiger charge is 2.02. The number of hydrogen-bond acceptors (Lipinski definition) is 3. The summed E-state index contributed by atoms with van der Waals surface area (Å²) in [5, 5.41) is 3.36. The zero-order valence-corrected chi connectivity index (χ0v) is 13.2. The van der Waals surface area contributed by atoms with Gasteiger partial charge in [-0.2, -0.15) is 0 Å². The lowest BCUT2D eigenvalue weighted by Gasteiger charge is -2.08. The number of benzene rings is 1. The van der Waals surface area contributed by atoms with Gasteiger partial charge in [0.15, 0.2) is 0 Å². The van der Waals surface area contributed by atoms with Crippen molar-refractivity contribution in [3.05, 3.63) is 43.5 Å². The Morgan fingerprint density at radius 3 is 2.71 bits per heavy atom. The Balaban J connectivity index is 2.04. The van der Waals surface area contributed by atoms with Gasteiger partial charge >= 0.3 is 0 Å². The van der Waals surface area contributed by atoms with Crippen LogP contribution in [0.25, 0.3) is 0 Å². The molecule has 1 aromatic heterocycles. The van der Waals surface area contributed by atoms with E-state index < -0.39 is 0 Å². The minimum absolute atomic E-state index is 0.820. The predicted octanol–water partition coefficient (Wildman–Crippen LogP) is 4.89. The lowest BCUT2D eigenvalue weighted by molar-refractivity contribution is 0.412. The quantitative estimate of drug-likeness (QED) is 0.819. The van der Waals surface area contributed by atoms with Crippen LogP contribution in [0, 0.1) is 0 Å². The summed E-state index contributed by atoms with van der Waals surface area (Å²) < 4.78 is 7.37. The van der Waals surface area contributed by atoms with Crippen LogP contribution in [0.1, 0.15) is 4.88 Å². The van der Waals surface area contributed by atoms with Crippen molar-refractivity contribution in [2.45, 2.75) is 6.54 Å². The van der Waals surface area contributed by atoms with Crippen molar-refractivity contribution in [1.82, 2.24) is 0 Å². The van der Waals surface area contributed by atoms with Gasteiger partial charge in [0.1, 0.15) is 5.75 Å². The third-order valence-corrected chi connectivity index (χ3v) is 4.53. The molecule has 5 heteroatoms. The molecule has 2 nitrogen and oxygen atoms in total. The summed E-state index contributed by atoms with van der Waals surface area (Å²) in [6, 6.07) is 10.1. The molecule has 0 unspecified atom stereocenters. The molecular weight excluding hydrogens is 366 g/mol. The van der Waals surface area contributed by atoms with Crippen LogP contribution in [0.2, 0.25) is 0 Å². The molecule has 17 heavy (non-hydrogen) atoms. The van der Waals surface area contributed by atoms with Crippen LogP contribution in [0.15, 0.2) is 38.6 Å². The van der Waals surface area contributed by atoms with Crippen LogP contribution < -0.4 is 10.1 Å². The molecule has 0 aliphatic heterocycles. The fourth-order valence-corrected chi connectivity index (χ4v) is 3.24. The van der Waals surface area contributed by atoms with Gasteiger partial charge in [0, 0.05) is 23.2 Å². The monoisotopic (exact) mass is 375 g/mol. The van der Waals surface area contributed by atoms with E-state index in [1.807, 2.05) is 18.2 Å². The summed E-state index contributed by atoms with van der Waals surface area (Å²) >= 11 is 8.62. The Morgan fingerprint density at radius 1 is 1.24 bits per heavy atom. The van der Waals surface area contributed by atoms with Crippen LogP contribution in [-0.2, 0) is 6.54 Å². The lowest BCUT2D eigenvalue weighted by atomic mass is 10.3. The van der Waals surface area contributed by atoms with Crippen LogP contribution in [-0.4, -0.2) is 7.11 Å². The largest absolute Gasteiger partial charge is 0.495 e. The first-order valence-electron chi connectivity index (χ1n) is 5.00. The molecule has 0 aliphatic rings. The molecular formula is C12H11Br2NOS. The summed E-state index contributed by atoms with van der Waals surface area (Å²) in [5.41, 5.74) is 1.05. The molecule has 0 saturated carbocycles. The molecule has 0 radical (unpaired) electrons. The van der Waals surface area contributed by atoms with Gasteiger partial charge in [-0.25, -0.2) is 0 Å². The average Bonchev–Trinajstić information content (AvgIpc) is 2.74. The van der Waals surface area contributed by atoms with Crippen LogP contribution in [0.5, 0.6) is 5.75 Å². The molecule has 2 aromatic rings. The summed E-state index contributed by atoms with van der Waals surface area (Å²) in [4.78, 5) is 1.29. The fourth-order valence-electron chi connectivity index (χ4n) is 1.41. The van der Waals surface area contributed by atoms with E-state index in [0.717, 1.165) is 26.2 Å². The van der Waals surface area contributed by atoms with Crippen LogP contribution >= 0.6 is 43.2 Å². The number of anilines is 1. The fraction of sp³-hybridized carbons (Fsp3) is 0.167. The molecule has 0 fully saturated rings. The van der Waals surface area contributed by atoms with Gasteiger partial charge in [-0.15, -0.1) is 11.3 Å². The number of methoxy groups -OCH3 is 1. The summed E-state index contributed by atoms with van der Waals surface area (Å²) in [6.45, 7) is 0.820. The van der Waals surface area contributed by atoms with Crippen molar-refractivity contribution < 1.29 is 4.74 Å². The molecule has 0 saturated heterocycles. The Bertz CT molecular complexity index is 513. The third-order valence-electron chi connectivity index (χ3n) is 2.25. The zero-order valence-electron chi connectivity index (χ0n) is 9.17. The second kappa shape index (κ2) is 5.89. The minimum atomic E-state index is 0.820. The minimum Gasteiger partial charge on any atom is -0.495 e. The van der Waals surface area contributed by atoms with Gasteiger partial charge in [-0.1, -0.05) is 0 Å². The van der Waals surface area contributed by atoms with E-state index >= 15 is 0 Å². The average molecular weight is 377 g/mol. The Hall–Kier alpha value is -0.520. The maximum absolute atomic E-state index is 5.25. The van der Waals surface area contributed by atoms with E-state index in [4.69, 9.17) is 4.74 Å². The van der Waals surface area contributed by atoms with E-state index in [2.05, 4.69) is 49.3 Å². The predicted molar refractivity (Wildman–Crippen MR) is 80.0 cm³/mol. The molecule has 1 heterocycles. The van der Waals surface area contributed by atoms with Crippen LogP contribution in [0.4, 0.5) is 5.69 Å². The number of halogens is 2. The molecule has 0 bridgehead atoms. The smallest absolute Gasteiger partial charge is 0.135 e. The highest BCUT2D eigenvalue weighted by Crippen LogP contribution is 2.28. The van der Waals surface area contributed by atoms with Crippen molar-refractivity contribution in [3.8, 4) is 5.75 Å².